The maximum atomic E-state index is 13.6. The minimum atomic E-state index is -3.73. The van der Waals surface area contributed by atoms with Crippen LogP contribution in [0.4, 0.5) is 5.69 Å². The van der Waals surface area contributed by atoms with Crippen molar-refractivity contribution in [2.75, 3.05) is 23.7 Å². The van der Waals surface area contributed by atoms with Gasteiger partial charge in [0.2, 0.25) is 21.8 Å². The molecular formula is C25H35N3O4S. The number of para-hydroxylation sites is 1. The van der Waals surface area contributed by atoms with Gasteiger partial charge < -0.3 is 10.2 Å². The van der Waals surface area contributed by atoms with Crippen LogP contribution in [0, 0.1) is 13.8 Å². The fourth-order valence-corrected chi connectivity index (χ4v) is 4.60. The Kier molecular flexibility index (Phi) is 9.46. The van der Waals surface area contributed by atoms with Crippen LogP contribution in [0.2, 0.25) is 0 Å². The van der Waals surface area contributed by atoms with Crippen LogP contribution in [0.3, 0.4) is 0 Å². The lowest BCUT2D eigenvalue weighted by molar-refractivity contribution is -0.140. The number of carbonyl (C=O) groups excluding carboxylic acids is 2. The number of amides is 2. The molecule has 0 bridgehead atoms. The minimum Gasteiger partial charge on any atom is -0.354 e. The molecule has 2 amide bonds. The Balaban J connectivity index is 2.45. The zero-order valence-electron chi connectivity index (χ0n) is 20.2. The summed E-state index contributed by atoms with van der Waals surface area (Å²) in [6.07, 6.45) is 2.28. The van der Waals surface area contributed by atoms with E-state index in [0.717, 1.165) is 33.7 Å². The number of hydrogen-bond acceptors (Lipinski definition) is 4. The molecule has 7 nitrogen and oxygen atoms in total. The summed E-state index contributed by atoms with van der Waals surface area (Å²) < 4.78 is 26.4. The van der Waals surface area contributed by atoms with E-state index in [1.807, 2.05) is 51.1 Å². The lowest BCUT2D eigenvalue weighted by atomic mass is 10.1. The number of carbonyl (C=O) groups is 2. The fraction of sp³-hybridized carbons (Fsp3) is 0.440. The van der Waals surface area contributed by atoms with Gasteiger partial charge in [-0.05, 0) is 49.4 Å². The van der Waals surface area contributed by atoms with Crippen LogP contribution in [-0.4, -0.2) is 50.5 Å². The van der Waals surface area contributed by atoms with Crippen molar-refractivity contribution in [2.24, 2.45) is 0 Å². The maximum absolute atomic E-state index is 13.6. The summed E-state index contributed by atoms with van der Waals surface area (Å²) in [5.41, 5.74) is 3.11. The Hall–Kier alpha value is -2.87. The van der Waals surface area contributed by atoms with Gasteiger partial charge in [-0.25, -0.2) is 8.42 Å². The highest BCUT2D eigenvalue weighted by Gasteiger charge is 2.32. The van der Waals surface area contributed by atoms with Crippen molar-refractivity contribution >= 4 is 27.5 Å². The highest BCUT2D eigenvalue weighted by atomic mass is 32.2. The van der Waals surface area contributed by atoms with Crippen molar-refractivity contribution in [3.63, 3.8) is 0 Å². The molecule has 0 saturated heterocycles. The van der Waals surface area contributed by atoms with Gasteiger partial charge in [0.15, 0.2) is 0 Å². The number of nitrogens with zero attached hydrogens (tertiary/aromatic N) is 2. The number of rotatable bonds is 11. The summed E-state index contributed by atoms with van der Waals surface area (Å²) in [5, 5.41) is 2.88. The minimum absolute atomic E-state index is 0.217. The first-order valence-electron chi connectivity index (χ1n) is 11.2. The van der Waals surface area contributed by atoms with Gasteiger partial charge in [0.25, 0.3) is 0 Å². The quantitative estimate of drug-likeness (QED) is 0.542. The first-order chi connectivity index (χ1) is 15.6. The smallest absolute Gasteiger partial charge is 0.244 e. The molecule has 180 valence electrons. The second-order valence-corrected chi connectivity index (χ2v) is 10.1. The van der Waals surface area contributed by atoms with Crippen molar-refractivity contribution in [3.8, 4) is 0 Å². The van der Waals surface area contributed by atoms with Gasteiger partial charge in [0, 0.05) is 13.1 Å². The number of aryl methyl sites for hydroxylation is 2. The normalized spacial score (nSPS) is 12.2. The molecule has 0 aliphatic carbocycles. The Morgan fingerprint density at radius 1 is 0.970 bits per heavy atom. The van der Waals surface area contributed by atoms with Crippen LogP contribution in [0.25, 0.3) is 0 Å². The zero-order valence-corrected chi connectivity index (χ0v) is 21.0. The molecule has 2 aromatic rings. The predicted molar refractivity (Wildman–Crippen MR) is 132 cm³/mol. The molecular weight excluding hydrogens is 438 g/mol. The molecule has 2 rings (SSSR count). The molecule has 0 fully saturated rings. The van der Waals surface area contributed by atoms with Gasteiger partial charge in [0.1, 0.15) is 12.6 Å². The van der Waals surface area contributed by atoms with Crippen LogP contribution in [0.1, 0.15) is 43.4 Å². The SMILES string of the molecule is CCCNC(=O)[C@H](CC)N(Cc1ccccc1C)C(=O)CN(c1ccccc1C)S(C)(=O)=O. The zero-order chi connectivity index (χ0) is 24.6. The number of sulfonamides is 1. The third-order valence-electron chi connectivity index (χ3n) is 5.60. The van der Waals surface area contributed by atoms with Gasteiger partial charge in [0.05, 0.1) is 11.9 Å². The summed E-state index contributed by atoms with van der Waals surface area (Å²) in [5.74, 6) is -0.659. The third-order valence-corrected chi connectivity index (χ3v) is 6.73. The topological polar surface area (TPSA) is 86.8 Å². The van der Waals surface area contributed by atoms with Crippen LogP contribution in [-0.2, 0) is 26.2 Å². The highest BCUT2D eigenvalue weighted by molar-refractivity contribution is 7.92. The monoisotopic (exact) mass is 473 g/mol. The molecule has 8 heteroatoms. The third kappa shape index (κ3) is 7.05. The molecule has 0 unspecified atom stereocenters. The summed E-state index contributed by atoms with van der Waals surface area (Å²) >= 11 is 0. The van der Waals surface area contributed by atoms with E-state index < -0.39 is 22.0 Å². The second kappa shape index (κ2) is 11.8. The van der Waals surface area contributed by atoms with E-state index in [2.05, 4.69) is 5.32 Å². The van der Waals surface area contributed by atoms with E-state index in [1.165, 1.54) is 4.90 Å². The van der Waals surface area contributed by atoms with Crippen molar-refractivity contribution in [3.05, 3.63) is 65.2 Å². The summed E-state index contributed by atoms with van der Waals surface area (Å²) in [6.45, 7) is 7.92. The van der Waals surface area contributed by atoms with Crippen LogP contribution in [0.5, 0.6) is 0 Å². The molecule has 0 heterocycles. The maximum Gasteiger partial charge on any atom is 0.244 e. The average Bonchev–Trinajstić information content (AvgIpc) is 2.76. The van der Waals surface area contributed by atoms with Crippen LogP contribution < -0.4 is 9.62 Å². The molecule has 0 aliphatic rings. The summed E-state index contributed by atoms with van der Waals surface area (Å²) in [4.78, 5) is 28.0. The van der Waals surface area contributed by atoms with E-state index in [1.54, 1.807) is 25.1 Å². The van der Waals surface area contributed by atoms with Crippen LogP contribution in [0.15, 0.2) is 48.5 Å². The van der Waals surface area contributed by atoms with Gasteiger partial charge in [-0.1, -0.05) is 56.3 Å². The van der Waals surface area contributed by atoms with Crippen molar-refractivity contribution in [2.45, 2.75) is 53.1 Å². The first kappa shape index (κ1) is 26.4. The van der Waals surface area contributed by atoms with Crippen molar-refractivity contribution in [1.82, 2.24) is 10.2 Å². The molecule has 1 atom stereocenters. The number of hydrogen-bond donors (Lipinski definition) is 1. The second-order valence-electron chi connectivity index (χ2n) is 8.22. The molecule has 1 N–H and O–H groups in total. The van der Waals surface area contributed by atoms with E-state index in [0.29, 0.717) is 18.7 Å². The molecule has 0 aliphatic heterocycles. The molecule has 0 spiro atoms. The van der Waals surface area contributed by atoms with Crippen molar-refractivity contribution in [1.29, 1.82) is 0 Å². The summed E-state index contributed by atoms with van der Waals surface area (Å²) in [7, 11) is -3.73. The van der Waals surface area contributed by atoms with Gasteiger partial charge in [-0.2, -0.15) is 0 Å². The molecule has 2 aromatic carbocycles. The van der Waals surface area contributed by atoms with E-state index in [-0.39, 0.29) is 19.0 Å². The van der Waals surface area contributed by atoms with E-state index >= 15 is 0 Å². The lowest BCUT2D eigenvalue weighted by Crippen LogP contribution is -2.52. The molecule has 0 saturated carbocycles. The van der Waals surface area contributed by atoms with E-state index in [4.69, 9.17) is 0 Å². The number of nitrogens with one attached hydrogen (secondary N) is 1. The highest BCUT2D eigenvalue weighted by Crippen LogP contribution is 2.23. The predicted octanol–water partition coefficient (Wildman–Crippen LogP) is 3.40. The van der Waals surface area contributed by atoms with Gasteiger partial charge >= 0.3 is 0 Å². The summed E-state index contributed by atoms with van der Waals surface area (Å²) in [6, 6.07) is 14.0. The van der Waals surface area contributed by atoms with E-state index in [9.17, 15) is 18.0 Å². The number of benzene rings is 2. The lowest BCUT2D eigenvalue weighted by Gasteiger charge is -2.33. The number of anilines is 1. The first-order valence-corrected chi connectivity index (χ1v) is 13.1. The fourth-order valence-electron chi connectivity index (χ4n) is 3.69. The average molecular weight is 474 g/mol. The Morgan fingerprint density at radius 2 is 1.58 bits per heavy atom. The largest absolute Gasteiger partial charge is 0.354 e. The Bertz CT molecular complexity index is 1070. The van der Waals surface area contributed by atoms with Gasteiger partial charge in [-0.3, -0.25) is 13.9 Å². The Labute approximate surface area is 197 Å². The van der Waals surface area contributed by atoms with Gasteiger partial charge in [-0.15, -0.1) is 0 Å². The molecule has 0 radical (unpaired) electrons. The molecule has 0 aromatic heterocycles. The standard InChI is InChI=1S/C25H35N3O4S/c1-6-16-26-25(30)22(7-2)27(17-21-14-10-8-12-19(21)3)24(29)18-28(33(5,31)32)23-15-11-9-13-20(23)4/h8-15,22H,6-7,16-18H2,1-5H3,(H,26,30)/t22-/m0/s1. The molecule has 33 heavy (non-hydrogen) atoms. The van der Waals surface area contributed by atoms with Crippen LogP contribution >= 0.6 is 0 Å². The van der Waals surface area contributed by atoms with Crippen molar-refractivity contribution < 1.29 is 18.0 Å². The Morgan fingerprint density at radius 3 is 2.12 bits per heavy atom.